The number of nitrogens with zero attached hydrogens (tertiary/aromatic N) is 4. The van der Waals surface area contributed by atoms with Crippen molar-refractivity contribution >= 4 is 23.3 Å². The van der Waals surface area contributed by atoms with Gasteiger partial charge in [-0.1, -0.05) is 11.6 Å². The maximum atomic E-state index is 13.8. The Balaban J connectivity index is 1.40. The zero-order chi connectivity index (χ0) is 21.1. The van der Waals surface area contributed by atoms with Crippen LogP contribution < -0.4 is 9.64 Å². The molecule has 1 aliphatic heterocycles. The van der Waals surface area contributed by atoms with Crippen LogP contribution in [0.4, 0.5) is 14.6 Å². The summed E-state index contributed by atoms with van der Waals surface area (Å²) in [4.78, 5) is 24.6. The fourth-order valence-electron chi connectivity index (χ4n) is 3.14. The van der Waals surface area contributed by atoms with E-state index in [9.17, 15) is 13.6 Å². The van der Waals surface area contributed by atoms with E-state index >= 15 is 0 Å². The van der Waals surface area contributed by atoms with Crippen molar-refractivity contribution in [3.8, 4) is 11.6 Å². The van der Waals surface area contributed by atoms with Crippen molar-refractivity contribution in [3.05, 3.63) is 77.1 Å². The molecule has 2 heterocycles. The predicted molar refractivity (Wildman–Crippen MR) is 108 cm³/mol. The van der Waals surface area contributed by atoms with Crippen LogP contribution in [0.2, 0.25) is 5.02 Å². The molecule has 154 valence electrons. The van der Waals surface area contributed by atoms with Crippen molar-refractivity contribution in [2.75, 3.05) is 31.1 Å². The Kier molecular flexibility index (Phi) is 5.76. The number of hydrogen-bond donors (Lipinski definition) is 0. The Labute approximate surface area is 176 Å². The van der Waals surface area contributed by atoms with Gasteiger partial charge >= 0.3 is 0 Å². The van der Waals surface area contributed by atoms with Crippen LogP contribution in [0.3, 0.4) is 0 Å². The highest BCUT2D eigenvalue weighted by molar-refractivity contribution is 6.30. The number of carbonyl (C=O) groups is 1. The molecule has 0 spiro atoms. The lowest BCUT2D eigenvalue weighted by atomic mass is 10.2. The molecule has 0 unspecified atom stereocenters. The highest BCUT2D eigenvalue weighted by Gasteiger charge is 2.23. The van der Waals surface area contributed by atoms with Gasteiger partial charge in [0.1, 0.15) is 18.0 Å². The minimum atomic E-state index is -0.815. The summed E-state index contributed by atoms with van der Waals surface area (Å²) in [5, 5.41) is 0.582. The largest absolute Gasteiger partial charge is 0.436 e. The number of carbonyl (C=O) groups excluding carboxylic acids is 1. The van der Waals surface area contributed by atoms with Gasteiger partial charge in [-0.05, 0) is 36.4 Å². The van der Waals surface area contributed by atoms with Crippen LogP contribution in [-0.4, -0.2) is 47.0 Å². The molecular formula is C21H17ClF2N4O2. The molecule has 0 atom stereocenters. The van der Waals surface area contributed by atoms with Gasteiger partial charge in [-0.15, -0.1) is 0 Å². The number of halogens is 3. The SMILES string of the molecule is O=C(c1ccc(Cl)cc1)N1CCN(c2cc(Oc3ccc(F)cc3F)ncn2)CC1. The van der Waals surface area contributed by atoms with Crippen LogP contribution in [0, 0.1) is 11.6 Å². The average Bonchev–Trinajstić information content (AvgIpc) is 2.76. The van der Waals surface area contributed by atoms with Crippen molar-refractivity contribution in [2.24, 2.45) is 0 Å². The number of amides is 1. The quantitative estimate of drug-likeness (QED) is 0.622. The molecule has 0 saturated carbocycles. The van der Waals surface area contributed by atoms with E-state index in [2.05, 4.69) is 9.97 Å². The highest BCUT2D eigenvalue weighted by atomic mass is 35.5. The second kappa shape index (κ2) is 8.62. The first-order valence-corrected chi connectivity index (χ1v) is 9.62. The van der Waals surface area contributed by atoms with Gasteiger partial charge in [0.15, 0.2) is 11.6 Å². The zero-order valence-corrected chi connectivity index (χ0v) is 16.5. The van der Waals surface area contributed by atoms with E-state index in [-0.39, 0.29) is 17.5 Å². The standard InChI is InChI=1S/C21H17ClF2N4O2/c22-15-3-1-14(2-4-15)21(29)28-9-7-27(8-10-28)19-12-20(26-13-25-19)30-18-6-5-16(23)11-17(18)24/h1-6,11-13H,7-10H2. The molecule has 1 amide bonds. The molecule has 4 rings (SSSR count). The van der Waals surface area contributed by atoms with Crippen LogP contribution in [-0.2, 0) is 0 Å². The van der Waals surface area contributed by atoms with Gasteiger partial charge in [0, 0.05) is 48.9 Å². The molecule has 0 aliphatic carbocycles. The summed E-state index contributed by atoms with van der Waals surface area (Å²) < 4.78 is 32.3. The van der Waals surface area contributed by atoms with Crippen molar-refractivity contribution in [1.29, 1.82) is 0 Å². The summed E-state index contributed by atoms with van der Waals surface area (Å²) in [7, 11) is 0. The molecular weight excluding hydrogens is 414 g/mol. The second-order valence-electron chi connectivity index (χ2n) is 6.68. The van der Waals surface area contributed by atoms with Crippen LogP contribution >= 0.6 is 11.6 Å². The van der Waals surface area contributed by atoms with Gasteiger partial charge in [0.2, 0.25) is 5.88 Å². The molecule has 6 nitrogen and oxygen atoms in total. The summed E-state index contributed by atoms with van der Waals surface area (Å²) >= 11 is 5.88. The second-order valence-corrected chi connectivity index (χ2v) is 7.11. The molecule has 0 bridgehead atoms. The number of benzene rings is 2. The van der Waals surface area contributed by atoms with E-state index < -0.39 is 11.6 Å². The van der Waals surface area contributed by atoms with E-state index in [1.807, 2.05) is 4.90 Å². The molecule has 1 aliphatic rings. The van der Waals surface area contributed by atoms with Crippen molar-refractivity contribution in [2.45, 2.75) is 0 Å². The third-order valence-corrected chi connectivity index (χ3v) is 4.97. The lowest BCUT2D eigenvalue weighted by Crippen LogP contribution is -2.49. The summed E-state index contributed by atoms with van der Waals surface area (Å²) in [6.07, 6.45) is 1.32. The van der Waals surface area contributed by atoms with E-state index in [1.165, 1.54) is 12.4 Å². The first-order valence-electron chi connectivity index (χ1n) is 9.24. The Hall–Kier alpha value is -3.26. The van der Waals surface area contributed by atoms with E-state index in [4.69, 9.17) is 16.3 Å². The molecule has 30 heavy (non-hydrogen) atoms. The number of aromatic nitrogens is 2. The maximum Gasteiger partial charge on any atom is 0.253 e. The first-order chi connectivity index (χ1) is 14.5. The number of rotatable bonds is 4. The number of hydrogen-bond acceptors (Lipinski definition) is 5. The van der Waals surface area contributed by atoms with E-state index in [0.717, 1.165) is 12.1 Å². The number of piperazine rings is 1. The van der Waals surface area contributed by atoms with Gasteiger partial charge in [-0.3, -0.25) is 4.79 Å². The summed E-state index contributed by atoms with van der Waals surface area (Å²) in [5.74, 6) is -0.936. The van der Waals surface area contributed by atoms with Crippen LogP contribution in [0.15, 0.2) is 54.9 Å². The minimum Gasteiger partial charge on any atom is -0.436 e. The molecule has 0 radical (unpaired) electrons. The molecule has 1 aromatic heterocycles. The van der Waals surface area contributed by atoms with Gasteiger partial charge in [-0.2, -0.15) is 0 Å². The Morgan fingerprint density at radius 1 is 0.967 bits per heavy atom. The van der Waals surface area contributed by atoms with Crippen LogP contribution in [0.5, 0.6) is 11.6 Å². The van der Waals surface area contributed by atoms with Gasteiger partial charge < -0.3 is 14.5 Å². The third kappa shape index (κ3) is 4.49. The first kappa shape index (κ1) is 20.0. The predicted octanol–water partition coefficient (Wildman–Crippen LogP) is 4.16. The highest BCUT2D eigenvalue weighted by Crippen LogP contribution is 2.26. The third-order valence-electron chi connectivity index (χ3n) is 4.72. The monoisotopic (exact) mass is 430 g/mol. The number of ether oxygens (including phenoxy) is 1. The maximum absolute atomic E-state index is 13.8. The molecule has 9 heteroatoms. The molecule has 2 aromatic carbocycles. The summed E-state index contributed by atoms with van der Waals surface area (Å²) in [6.45, 7) is 2.18. The molecule has 1 saturated heterocycles. The fraction of sp³-hybridized carbons (Fsp3) is 0.190. The van der Waals surface area contributed by atoms with Crippen LogP contribution in [0.1, 0.15) is 10.4 Å². The Morgan fingerprint density at radius 2 is 1.70 bits per heavy atom. The minimum absolute atomic E-state index is 0.0511. The van der Waals surface area contributed by atoms with Crippen molar-refractivity contribution in [1.82, 2.24) is 14.9 Å². The van der Waals surface area contributed by atoms with Gasteiger partial charge in [0.25, 0.3) is 5.91 Å². The lowest BCUT2D eigenvalue weighted by Gasteiger charge is -2.35. The average molecular weight is 431 g/mol. The van der Waals surface area contributed by atoms with Crippen molar-refractivity contribution in [3.63, 3.8) is 0 Å². The van der Waals surface area contributed by atoms with Gasteiger partial charge in [-0.25, -0.2) is 18.7 Å². The number of anilines is 1. The lowest BCUT2D eigenvalue weighted by molar-refractivity contribution is 0.0746. The van der Waals surface area contributed by atoms with E-state index in [0.29, 0.717) is 42.6 Å². The molecule has 3 aromatic rings. The summed E-state index contributed by atoms with van der Waals surface area (Å²) in [5.41, 5.74) is 0.590. The molecule has 0 N–H and O–H groups in total. The zero-order valence-electron chi connectivity index (χ0n) is 15.8. The topological polar surface area (TPSA) is 58.6 Å². The van der Waals surface area contributed by atoms with Crippen LogP contribution in [0.25, 0.3) is 0 Å². The normalized spacial score (nSPS) is 14.0. The smallest absolute Gasteiger partial charge is 0.253 e. The van der Waals surface area contributed by atoms with Gasteiger partial charge in [0.05, 0.1) is 0 Å². The summed E-state index contributed by atoms with van der Waals surface area (Å²) in [6, 6.07) is 11.4. The fourth-order valence-corrected chi connectivity index (χ4v) is 3.27. The van der Waals surface area contributed by atoms with Crippen molar-refractivity contribution < 1.29 is 18.3 Å². The Bertz CT molecular complexity index is 1060. The van der Waals surface area contributed by atoms with E-state index in [1.54, 1.807) is 35.2 Å². The Morgan fingerprint density at radius 3 is 2.40 bits per heavy atom. The molecule has 1 fully saturated rings.